The largest absolute Gasteiger partial charge is 0.346 e. The Labute approximate surface area is 167 Å². The molecule has 5 heteroatoms. The number of piperazine rings is 1. The van der Waals surface area contributed by atoms with Gasteiger partial charge in [0.05, 0.1) is 5.69 Å². The fourth-order valence-corrected chi connectivity index (χ4v) is 5.22. The van der Waals surface area contributed by atoms with Crippen LogP contribution in [-0.4, -0.2) is 43.1 Å². The monoisotopic (exact) mass is 389 g/mol. The van der Waals surface area contributed by atoms with E-state index in [0.29, 0.717) is 0 Å². The molecule has 0 atom stereocenters. The van der Waals surface area contributed by atoms with E-state index < -0.39 is 0 Å². The van der Waals surface area contributed by atoms with Crippen LogP contribution in [0.4, 0.5) is 9.52 Å². The lowest BCUT2D eigenvalue weighted by Crippen LogP contribution is -2.44. The summed E-state index contributed by atoms with van der Waals surface area (Å²) in [6, 6.07) is 7.13. The number of halogens is 1. The van der Waals surface area contributed by atoms with Crippen molar-refractivity contribution in [3.8, 4) is 0 Å². The molecular formula is C22H32FN3S. The zero-order valence-corrected chi connectivity index (χ0v) is 17.7. The molecule has 2 fully saturated rings. The van der Waals surface area contributed by atoms with E-state index >= 15 is 0 Å². The summed E-state index contributed by atoms with van der Waals surface area (Å²) in [4.78, 5) is 9.87. The number of thiazole rings is 1. The van der Waals surface area contributed by atoms with Crippen LogP contribution < -0.4 is 4.90 Å². The first kappa shape index (κ1) is 20.3. The Hall–Kier alpha value is -1.46. The van der Waals surface area contributed by atoms with Crippen LogP contribution in [0.3, 0.4) is 0 Å². The number of aromatic nitrogens is 1. The van der Waals surface area contributed by atoms with Gasteiger partial charge in [-0.25, -0.2) is 9.37 Å². The first-order valence-electron chi connectivity index (χ1n) is 10.3. The van der Waals surface area contributed by atoms with Gasteiger partial charge < -0.3 is 9.80 Å². The van der Waals surface area contributed by atoms with Gasteiger partial charge in [0, 0.05) is 37.0 Å². The Balaban J connectivity index is 0.00000102. The molecule has 1 aromatic carbocycles. The van der Waals surface area contributed by atoms with Gasteiger partial charge in [-0.3, -0.25) is 0 Å². The van der Waals surface area contributed by atoms with Crippen molar-refractivity contribution in [2.24, 2.45) is 0 Å². The van der Waals surface area contributed by atoms with E-state index in [1.807, 2.05) is 26.0 Å². The summed E-state index contributed by atoms with van der Waals surface area (Å²) in [7, 11) is 2.18. The van der Waals surface area contributed by atoms with Crippen molar-refractivity contribution >= 4 is 16.5 Å². The third kappa shape index (κ3) is 4.35. The van der Waals surface area contributed by atoms with E-state index in [4.69, 9.17) is 4.98 Å². The number of likely N-dealkylation sites (N-methyl/N-ethyl adjacent to an activating group) is 1. The average molecular weight is 390 g/mol. The molecule has 1 aliphatic heterocycles. The highest BCUT2D eigenvalue weighted by Gasteiger charge is 2.38. The number of nitrogens with zero attached hydrogens (tertiary/aromatic N) is 3. The van der Waals surface area contributed by atoms with Gasteiger partial charge in [-0.05, 0) is 37.6 Å². The van der Waals surface area contributed by atoms with E-state index in [2.05, 4.69) is 22.2 Å². The zero-order chi connectivity index (χ0) is 19.3. The van der Waals surface area contributed by atoms with Crippen LogP contribution in [0.15, 0.2) is 29.6 Å². The molecule has 0 amide bonds. The van der Waals surface area contributed by atoms with Crippen LogP contribution in [0, 0.1) is 5.82 Å². The molecule has 0 bridgehead atoms. The Morgan fingerprint density at radius 2 is 1.59 bits per heavy atom. The molecule has 1 aromatic heterocycles. The van der Waals surface area contributed by atoms with Crippen LogP contribution in [0.2, 0.25) is 0 Å². The maximum atomic E-state index is 13.4. The van der Waals surface area contributed by atoms with Gasteiger partial charge in [0.25, 0.3) is 0 Å². The smallest absolute Gasteiger partial charge is 0.185 e. The highest BCUT2D eigenvalue weighted by molar-refractivity contribution is 7.13. The normalized spacial score (nSPS) is 20.1. The van der Waals surface area contributed by atoms with E-state index in [-0.39, 0.29) is 11.2 Å². The zero-order valence-electron chi connectivity index (χ0n) is 16.9. The molecule has 0 spiro atoms. The van der Waals surface area contributed by atoms with Crippen LogP contribution in [0.1, 0.15) is 57.2 Å². The number of hydrogen-bond donors (Lipinski definition) is 0. The summed E-state index contributed by atoms with van der Waals surface area (Å²) in [5, 5.41) is 3.40. The Morgan fingerprint density at radius 3 is 2.22 bits per heavy atom. The van der Waals surface area contributed by atoms with Gasteiger partial charge in [-0.2, -0.15) is 0 Å². The molecule has 27 heavy (non-hydrogen) atoms. The van der Waals surface area contributed by atoms with Crippen molar-refractivity contribution in [1.82, 2.24) is 9.88 Å². The number of anilines is 1. The molecule has 3 nitrogen and oxygen atoms in total. The molecule has 1 aliphatic carbocycles. The topological polar surface area (TPSA) is 19.4 Å². The van der Waals surface area contributed by atoms with Crippen LogP contribution in [0.5, 0.6) is 0 Å². The highest BCUT2D eigenvalue weighted by Crippen LogP contribution is 2.45. The van der Waals surface area contributed by atoms with E-state index in [1.165, 1.54) is 30.5 Å². The minimum Gasteiger partial charge on any atom is -0.346 e. The highest BCUT2D eigenvalue weighted by atomic mass is 32.1. The van der Waals surface area contributed by atoms with E-state index in [0.717, 1.165) is 44.2 Å². The summed E-state index contributed by atoms with van der Waals surface area (Å²) in [5.41, 5.74) is 2.38. The summed E-state index contributed by atoms with van der Waals surface area (Å²) >= 11 is 1.77. The standard InChI is InChI=1S/C20H26FN3S.C2H6/c1-23-11-13-24(14-12-23)19-22-18(15-25-19)20(9-3-2-4-10-20)16-5-7-17(21)8-6-16;1-2/h5-8,15H,2-4,9-14H2,1H3;1-2H3. The molecule has 1 saturated carbocycles. The fraction of sp³-hybridized carbons (Fsp3) is 0.591. The molecular weight excluding hydrogens is 357 g/mol. The summed E-state index contributed by atoms with van der Waals surface area (Å²) in [6.45, 7) is 8.29. The summed E-state index contributed by atoms with van der Waals surface area (Å²) < 4.78 is 13.4. The molecule has 2 heterocycles. The Kier molecular flexibility index (Phi) is 6.88. The second-order valence-electron chi connectivity index (χ2n) is 7.46. The fourth-order valence-electron chi connectivity index (χ4n) is 4.24. The summed E-state index contributed by atoms with van der Waals surface area (Å²) in [6.07, 6.45) is 5.96. The van der Waals surface area contributed by atoms with Gasteiger partial charge in [0.15, 0.2) is 5.13 Å². The van der Waals surface area contributed by atoms with Gasteiger partial charge in [0.2, 0.25) is 0 Å². The molecule has 4 rings (SSSR count). The van der Waals surface area contributed by atoms with Crippen LogP contribution in [-0.2, 0) is 5.41 Å². The van der Waals surface area contributed by atoms with E-state index in [1.54, 1.807) is 23.5 Å². The first-order valence-corrected chi connectivity index (χ1v) is 11.2. The number of rotatable bonds is 3. The Bertz CT molecular complexity index is 699. The van der Waals surface area contributed by atoms with Crippen molar-refractivity contribution in [3.05, 3.63) is 46.7 Å². The third-order valence-electron chi connectivity index (χ3n) is 5.86. The lowest BCUT2D eigenvalue weighted by Gasteiger charge is -2.37. The van der Waals surface area contributed by atoms with Gasteiger partial charge in [0.1, 0.15) is 5.82 Å². The quantitative estimate of drug-likeness (QED) is 0.709. The predicted molar refractivity (Wildman–Crippen MR) is 113 cm³/mol. The molecule has 148 valence electrons. The van der Waals surface area contributed by atoms with Crippen LogP contribution in [0.25, 0.3) is 0 Å². The lowest BCUT2D eigenvalue weighted by atomic mass is 9.67. The van der Waals surface area contributed by atoms with Crippen molar-refractivity contribution in [2.75, 3.05) is 38.1 Å². The molecule has 0 unspecified atom stereocenters. The minimum atomic E-state index is -0.161. The lowest BCUT2D eigenvalue weighted by molar-refractivity contribution is 0.312. The average Bonchev–Trinajstić information content (AvgIpc) is 3.22. The van der Waals surface area contributed by atoms with Crippen molar-refractivity contribution < 1.29 is 4.39 Å². The van der Waals surface area contributed by atoms with Gasteiger partial charge >= 0.3 is 0 Å². The maximum absolute atomic E-state index is 13.4. The first-order chi connectivity index (χ1) is 13.2. The minimum absolute atomic E-state index is 0.0344. The second kappa shape index (κ2) is 9.16. The molecule has 0 N–H and O–H groups in total. The number of benzene rings is 1. The predicted octanol–water partition coefficient (Wildman–Crippen LogP) is 5.31. The van der Waals surface area contributed by atoms with Crippen molar-refractivity contribution in [1.29, 1.82) is 0 Å². The molecule has 0 radical (unpaired) electrons. The molecule has 2 aromatic rings. The molecule has 2 aliphatic rings. The SMILES string of the molecule is CC.CN1CCN(c2nc(C3(c4ccc(F)cc4)CCCCC3)cs2)CC1. The van der Waals surface area contributed by atoms with E-state index in [9.17, 15) is 4.39 Å². The van der Waals surface area contributed by atoms with Crippen molar-refractivity contribution in [2.45, 2.75) is 51.4 Å². The third-order valence-corrected chi connectivity index (χ3v) is 6.76. The Morgan fingerprint density at radius 1 is 0.963 bits per heavy atom. The maximum Gasteiger partial charge on any atom is 0.185 e. The second-order valence-corrected chi connectivity index (χ2v) is 8.29. The van der Waals surface area contributed by atoms with Gasteiger partial charge in [-0.1, -0.05) is 45.2 Å². The number of hydrogen-bond acceptors (Lipinski definition) is 4. The molecule has 1 saturated heterocycles. The van der Waals surface area contributed by atoms with Crippen LogP contribution >= 0.6 is 11.3 Å². The summed E-state index contributed by atoms with van der Waals surface area (Å²) in [5.74, 6) is -0.161. The van der Waals surface area contributed by atoms with Gasteiger partial charge in [-0.15, -0.1) is 11.3 Å². The van der Waals surface area contributed by atoms with Crippen molar-refractivity contribution in [3.63, 3.8) is 0 Å².